The van der Waals surface area contributed by atoms with Crippen LogP contribution in [-0.2, 0) is 11.3 Å². The smallest absolute Gasteiger partial charge is 0.223 e. The van der Waals surface area contributed by atoms with E-state index in [1.807, 2.05) is 18.2 Å². The van der Waals surface area contributed by atoms with Gasteiger partial charge in [-0.25, -0.2) is 0 Å². The lowest BCUT2D eigenvalue weighted by molar-refractivity contribution is -0.126. The molecule has 1 aliphatic rings. The van der Waals surface area contributed by atoms with Crippen molar-refractivity contribution in [2.75, 3.05) is 14.2 Å². The summed E-state index contributed by atoms with van der Waals surface area (Å²) in [7, 11) is 3.21. The SMILES string of the molecule is COc1ccc(CNC(=O)C2CCC(N)CC2)cc1OC. The van der Waals surface area contributed by atoms with Gasteiger partial charge in [-0.3, -0.25) is 4.79 Å². The molecule has 0 bridgehead atoms. The molecule has 3 N–H and O–H groups in total. The third-order valence-corrected chi connectivity index (χ3v) is 4.06. The van der Waals surface area contributed by atoms with Crippen LogP contribution in [-0.4, -0.2) is 26.2 Å². The second-order valence-corrected chi connectivity index (χ2v) is 5.52. The normalized spacial score (nSPS) is 21.7. The molecular weight excluding hydrogens is 268 g/mol. The van der Waals surface area contributed by atoms with Gasteiger partial charge in [0.1, 0.15) is 0 Å². The molecule has 0 radical (unpaired) electrons. The van der Waals surface area contributed by atoms with Gasteiger partial charge in [0.15, 0.2) is 11.5 Å². The Morgan fingerprint density at radius 1 is 1.19 bits per heavy atom. The lowest BCUT2D eigenvalue weighted by atomic mass is 9.86. The highest BCUT2D eigenvalue weighted by Gasteiger charge is 2.24. The maximum Gasteiger partial charge on any atom is 0.223 e. The van der Waals surface area contributed by atoms with Crippen molar-refractivity contribution in [3.63, 3.8) is 0 Å². The van der Waals surface area contributed by atoms with Gasteiger partial charge in [0.05, 0.1) is 14.2 Å². The van der Waals surface area contributed by atoms with Crippen LogP contribution in [0.4, 0.5) is 0 Å². The van der Waals surface area contributed by atoms with Crippen molar-refractivity contribution in [1.29, 1.82) is 0 Å². The van der Waals surface area contributed by atoms with E-state index in [0.29, 0.717) is 18.0 Å². The van der Waals surface area contributed by atoms with Crippen LogP contribution in [0.15, 0.2) is 18.2 Å². The van der Waals surface area contributed by atoms with E-state index in [9.17, 15) is 4.79 Å². The molecule has 1 aliphatic carbocycles. The number of carbonyl (C=O) groups excluding carboxylic acids is 1. The van der Waals surface area contributed by atoms with Gasteiger partial charge in [-0.1, -0.05) is 6.07 Å². The molecule has 0 aliphatic heterocycles. The van der Waals surface area contributed by atoms with Crippen LogP contribution in [0.25, 0.3) is 0 Å². The maximum absolute atomic E-state index is 12.1. The molecule has 0 heterocycles. The summed E-state index contributed by atoms with van der Waals surface area (Å²) in [6, 6.07) is 5.92. The molecule has 0 saturated heterocycles. The van der Waals surface area contributed by atoms with E-state index < -0.39 is 0 Å². The zero-order valence-electron chi connectivity index (χ0n) is 12.7. The Morgan fingerprint density at radius 3 is 2.48 bits per heavy atom. The predicted octanol–water partition coefficient (Wildman–Crippen LogP) is 1.84. The number of rotatable bonds is 5. The molecule has 5 nitrogen and oxygen atoms in total. The van der Waals surface area contributed by atoms with E-state index in [0.717, 1.165) is 31.2 Å². The predicted molar refractivity (Wildman–Crippen MR) is 81.3 cm³/mol. The average Bonchev–Trinajstić information content (AvgIpc) is 2.52. The van der Waals surface area contributed by atoms with Crippen LogP contribution in [0.2, 0.25) is 0 Å². The lowest BCUT2D eigenvalue weighted by Gasteiger charge is -2.25. The molecule has 0 spiro atoms. The van der Waals surface area contributed by atoms with Crippen molar-refractivity contribution in [3.05, 3.63) is 23.8 Å². The summed E-state index contributed by atoms with van der Waals surface area (Å²) in [4.78, 5) is 12.1. The van der Waals surface area contributed by atoms with Gasteiger partial charge in [-0.15, -0.1) is 0 Å². The standard InChI is InChI=1S/C16H24N2O3/c1-20-14-8-3-11(9-15(14)21-2)10-18-16(19)12-4-6-13(17)7-5-12/h3,8-9,12-13H,4-7,10,17H2,1-2H3,(H,18,19). The highest BCUT2D eigenvalue weighted by molar-refractivity contribution is 5.78. The van der Waals surface area contributed by atoms with Gasteiger partial charge in [0.25, 0.3) is 0 Å². The van der Waals surface area contributed by atoms with E-state index in [1.165, 1.54) is 0 Å². The van der Waals surface area contributed by atoms with Crippen molar-refractivity contribution in [2.24, 2.45) is 11.7 Å². The minimum Gasteiger partial charge on any atom is -0.493 e. The van der Waals surface area contributed by atoms with Crippen molar-refractivity contribution in [3.8, 4) is 11.5 Å². The number of nitrogens with one attached hydrogen (secondary N) is 1. The first-order chi connectivity index (χ1) is 10.1. The van der Waals surface area contributed by atoms with E-state index in [4.69, 9.17) is 15.2 Å². The van der Waals surface area contributed by atoms with Gasteiger partial charge in [-0.05, 0) is 43.4 Å². The maximum atomic E-state index is 12.1. The molecule has 0 aromatic heterocycles. The second kappa shape index (κ2) is 7.31. The summed E-state index contributed by atoms with van der Waals surface area (Å²) in [6.45, 7) is 0.502. The van der Waals surface area contributed by atoms with E-state index in [1.54, 1.807) is 14.2 Å². The molecule has 0 unspecified atom stereocenters. The van der Waals surface area contributed by atoms with Gasteiger partial charge in [0.2, 0.25) is 5.91 Å². The fourth-order valence-corrected chi connectivity index (χ4v) is 2.71. The first-order valence-corrected chi connectivity index (χ1v) is 7.38. The molecule has 1 aromatic rings. The molecule has 1 aromatic carbocycles. The fraction of sp³-hybridized carbons (Fsp3) is 0.562. The first-order valence-electron chi connectivity index (χ1n) is 7.38. The van der Waals surface area contributed by atoms with Crippen LogP contribution in [0.1, 0.15) is 31.2 Å². The van der Waals surface area contributed by atoms with Crippen LogP contribution in [0.5, 0.6) is 11.5 Å². The summed E-state index contributed by atoms with van der Waals surface area (Å²) >= 11 is 0. The topological polar surface area (TPSA) is 73.6 Å². The summed E-state index contributed by atoms with van der Waals surface area (Å²) in [5.41, 5.74) is 6.86. The summed E-state index contributed by atoms with van der Waals surface area (Å²) in [5, 5.41) is 3.00. The monoisotopic (exact) mass is 292 g/mol. The summed E-state index contributed by atoms with van der Waals surface area (Å²) < 4.78 is 10.5. The Kier molecular flexibility index (Phi) is 5.44. The quantitative estimate of drug-likeness (QED) is 0.868. The van der Waals surface area contributed by atoms with Crippen molar-refractivity contribution in [2.45, 2.75) is 38.3 Å². The second-order valence-electron chi connectivity index (χ2n) is 5.52. The molecule has 1 saturated carbocycles. The highest BCUT2D eigenvalue weighted by atomic mass is 16.5. The molecular formula is C16H24N2O3. The zero-order chi connectivity index (χ0) is 15.2. The fourth-order valence-electron chi connectivity index (χ4n) is 2.71. The van der Waals surface area contributed by atoms with E-state index in [2.05, 4.69) is 5.32 Å². The van der Waals surface area contributed by atoms with Crippen molar-refractivity contribution >= 4 is 5.91 Å². The van der Waals surface area contributed by atoms with Crippen LogP contribution < -0.4 is 20.5 Å². The van der Waals surface area contributed by atoms with Gasteiger partial charge in [0, 0.05) is 18.5 Å². The van der Waals surface area contributed by atoms with E-state index in [-0.39, 0.29) is 17.9 Å². The molecule has 1 amide bonds. The first kappa shape index (κ1) is 15.6. The van der Waals surface area contributed by atoms with Crippen LogP contribution in [0.3, 0.4) is 0 Å². The number of ether oxygens (including phenoxy) is 2. The molecule has 0 atom stereocenters. The van der Waals surface area contributed by atoms with Crippen LogP contribution in [0, 0.1) is 5.92 Å². The Bertz CT molecular complexity index is 482. The number of benzene rings is 1. The Hall–Kier alpha value is -1.75. The zero-order valence-corrected chi connectivity index (χ0v) is 12.7. The Balaban J connectivity index is 1.89. The Labute approximate surface area is 125 Å². The van der Waals surface area contributed by atoms with E-state index >= 15 is 0 Å². The minimum absolute atomic E-state index is 0.102. The van der Waals surface area contributed by atoms with Crippen molar-refractivity contribution in [1.82, 2.24) is 5.32 Å². The number of amides is 1. The third-order valence-electron chi connectivity index (χ3n) is 4.06. The summed E-state index contributed by atoms with van der Waals surface area (Å²) in [6.07, 6.45) is 3.65. The molecule has 116 valence electrons. The number of nitrogens with two attached hydrogens (primary N) is 1. The van der Waals surface area contributed by atoms with Crippen molar-refractivity contribution < 1.29 is 14.3 Å². The summed E-state index contributed by atoms with van der Waals surface area (Å²) in [5.74, 6) is 1.59. The minimum atomic E-state index is 0.102. The number of hydrogen-bond acceptors (Lipinski definition) is 4. The molecule has 2 rings (SSSR count). The van der Waals surface area contributed by atoms with Gasteiger partial charge >= 0.3 is 0 Å². The van der Waals surface area contributed by atoms with Gasteiger partial charge in [-0.2, -0.15) is 0 Å². The lowest BCUT2D eigenvalue weighted by Crippen LogP contribution is -2.35. The number of carbonyl (C=O) groups is 1. The van der Waals surface area contributed by atoms with Crippen LogP contribution >= 0.6 is 0 Å². The Morgan fingerprint density at radius 2 is 1.86 bits per heavy atom. The molecule has 5 heteroatoms. The average molecular weight is 292 g/mol. The van der Waals surface area contributed by atoms with Gasteiger partial charge < -0.3 is 20.5 Å². The third kappa shape index (κ3) is 4.11. The highest BCUT2D eigenvalue weighted by Crippen LogP contribution is 2.28. The molecule has 21 heavy (non-hydrogen) atoms. The molecule has 1 fully saturated rings. The number of methoxy groups -OCH3 is 2. The number of hydrogen-bond donors (Lipinski definition) is 2. The largest absolute Gasteiger partial charge is 0.493 e.